The first-order valence-electron chi connectivity index (χ1n) is 5.73. The predicted octanol–water partition coefficient (Wildman–Crippen LogP) is 2.09. The van der Waals surface area contributed by atoms with Crippen molar-refractivity contribution < 1.29 is 9.13 Å². The van der Waals surface area contributed by atoms with Gasteiger partial charge >= 0.3 is 0 Å². The zero-order valence-corrected chi connectivity index (χ0v) is 9.63. The minimum Gasteiger partial charge on any atom is -0.385 e. The molecule has 16 heavy (non-hydrogen) atoms. The molecule has 0 spiro atoms. The Morgan fingerprint density at radius 2 is 2.00 bits per heavy atom. The Balaban J connectivity index is 2.05. The molecule has 1 aromatic carbocycles. The number of benzene rings is 1. The van der Waals surface area contributed by atoms with E-state index in [1.54, 1.807) is 19.2 Å². The Morgan fingerprint density at radius 1 is 1.31 bits per heavy atom. The maximum Gasteiger partial charge on any atom is 0.123 e. The minimum atomic E-state index is -0.164. The lowest BCUT2D eigenvalue weighted by Gasteiger charge is -2.43. The topological polar surface area (TPSA) is 21.3 Å². The highest BCUT2D eigenvalue weighted by Gasteiger charge is 2.37. The van der Waals surface area contributed by atoms with Crippen molar-refractivity contribution in [3.63, 3.8) is 0 Å². The molecule has 2 nitrogen and oxygen atoms in total. The average Bonchev–Trinajstić information content (AvgIpc) is 2.24. The van der Waals surface area contributed by atoms with Gasteiger partial charge in [0.15, 0.2) is 0 Å². The molecule has 1 aliphatic rings. The van der Waals surface area contributed by atoms with E-state index >= 15 is 0 Å². The Morgan fingerprint density at radius 3 is 2.50 bits per heavy atom. The van der Waals surface area contributed by atoms with Crippen LogP contribution in [0, 0.1) is 5.82 Å². The van der Waals surface area contributed by atoms with Crippen LogP contribution in [0.2, 0.25) is 0 Å². The third kappa shape index (κ3) is 2.25. The molecule has 0 aliphatic carbocycles. The van der Waals surface area contributed by atoms with Crippen molar-refractivity contribution in [3.05, 3.63) is 35.6 Å². The molecule has 0 atom stereocenters. The van der Waals surface area contributed by atoms with Crippen LogP contribution >= 0.6 is 0 Å². The Kier molecular flexibility index (Phi) is 3.56. The third-order valence-corrected chi connectivity index (χ3v) is 3.39. The lowest BCUT2D eigenvalue weighted by Crippen LogP contribution is -2.56. The van der Waals surface area contributed by atoms with Crippen LogP contribution in [-0.4, -0.2) is 26.8 Å². The monoisotopic (exact) mass is 223 g/mol. The molecule has 0 aromatic heterocycles. The molecule has 0 saturated carbocycles. The smallest absolute Gasteiger partial charge is 0.123 e. The number of halogens is 1. The summed E-state index contributed by atoms with van der Waals surface area (Å²) in [6.45, 7) is 2.77. The molecule has 1 aromatic rings. The van der Waals surface area contributed by atoms with Crippen LogP contribution in [-0.2, 0) is 10.2 Å². The van der Waals surface area contributed by atoms with Crippen LogP contribution in [0.3, 0.4) is 0 Å². The lowest BCUT2D eigenvalue weighted by atomic mass is 9.72. The normalized spacial score (nSPS) is 18.1. The van der Waals surface area contributed by atoms with Crippen molar-refractivity contribution in [1.82, 2.24) is 5.32 Å². The van der Waals surface area contributed by atoms with Crippen molar-refractivity contribution in [2.24, 2.45) is 0 Å². The summed E-state index contributed by atoms with van der Waals surface area (Å²) in [6, 6.07) is 6.91. The number of rotatable bonds is 5. The molecule has 3 heteroatoms. The average molecular weight is 223 g/mol. The van der Waals surface area contributed by atoms with E-state index in [1.807, 2.05) is 12.1 Å². The van der Waals surface area contributed by atoms with E-state index in [9.17, 15) is 4.39 Å². The summed E-state index contributed by atoms with van der Waals surface area (Å²) in [7, 11) is 1.73. The van der Waals surface area contributed by atoms with Gasteiger partial charge in [-0.3, -0.25) is 0 Å². The molecule has 2 rings (SSSR count). The van der Waals surface area contributed by atoms with Crippen molar-refractivity contribution in [2.45, 2.75) is 18.3 Å². The van der Waals surface area contributed by atoms with E-state index in [1.165, 1.54) is 5.56 Å². The van der Waals surface area contributed by atoms with Gasteiger partial charge < -0.3 is 10.1 Å². The van der Waals surface area contributed by atoms with E-state index < -0.39 is 0 Å². The van der Waals surface area contributed by atoms with Gasteiger partial charge in [0.05, 0.1) is 0 Å². The highest BCUT2D eigenvalue weighted by Crippen LogP contribution is 2.33. The predicted molar refractivity (Wildman–Crippen MR) is 62.1 cm³/mol. The zero-order chi connectivity index (χ0) is 11.4. The van der Waals surface area contributed by atoms with Gasteiger partial charge in [0.25, 0.3) is 0 Å². The zero-order valence-electron chi connectivity index (χ0n) is 9.63. The SMILES string of the molecule is COCCCC1(c2ccc(F)cc2)CNC1. The van der Waals surface area contributed by atoms with Gasteiger partial charge in [-0.15, -0.1) is 0 Å². The third-order valence-electron chi connectivity index (χ3n) is 3.39. The van der Waals surface area contributed by atoms with E-state index in [4.69, 9.17) is 4.74 Å². The lowest BCUT2D eigenvalue weighted by molar-refractivity contribution is 0.168. The fourth-order valence-corrected chi connectivity index (χ4v) is 2.31. The number of methoxy groups -OCH3 is 1. The molecule has 0 bridgehead atoms. The maximum absolute atomic E-state index is 12.9. The van der Waals surface area contributed by atoms with E-state index in [0.29, 0.717) is 0 Å². The van der Waals surface area contributed by atoms with Gasteiger partial charge in [0, 0.05) is 32.2 Å². The number of hydrogen-bond acceptors (Lipinski definition) is 2. The summed E-state index contributed by atoms with van der Waals surface area (Å²) < 4.78 is 17.9. The Bertz CT molecular complexity index is 332. The van der Waals surface area contributed by atoms with Gasteiger partial charge in [-0.1, -0.05) is 12.1 Å². The molecule has 0 radical (unpaired) electrons. The minimum absolute atomic E-state index is 0.164. The second-order valence-electron chi connectivity index (χ2n) is 4.49. The molecule has 1 fully saturated rings. The van der Waals surface area contributed by atoms with E-state index in [2.05, 4.69) is 5.32 Å². The molecule has 1 heterocycles. The van der Waals surface area contributed by atoms with Crippen molar-refractivity contribution in [2.75, 3.05) is 26.8 Å². The van der Waals surface area contributed by atoms with Gasteiger partial charge in [-0.2, -0.15) is 0 Å². The second kappa shape index (κ2) is 4.93. The molecule has 1 aliphatic heterocycles. The first kappa shape index (κ1) is 11.6. The fourth-order valence-electron chi connectivity index (χ4n) is 2.31. The summed E-state index contributed by atoms with van der Waals surface area (Å²) in [5.41, 5.74) is 1.44. The summed E-state index contributed by atoms with van der Waals surface area (Å²) in [4.78, 5) is 0. The molecular formula is C13H18FNO. The van der Waals surface area contributed by atoms with Crippen LogP contribution in [0.25, 0.3) is 0 Å². The molecule has 0 unspecified atom stereocenters. The quantitative estimate of drug-likeness (QED) is 0.772. The summed E-state index contributed by atoms with van der Waals surface area (Å²) in [5.74, 6) is -0.164. The standard InChI is InChI=1S/C13H18FNO/c1-16-8-2-7-13(9-15-10-13)11-3-5-12(14)6-4-11/h3-6,15H,2,7-10H2,1H3. The van der Waals surface area contributed by atoms with Crippen molar-refractivity contribution in [3.8, 4) is 0 Å². The summed E-state index contributed by atoms with van der Waals surface area (Å²) in [5, 5.41) is 3.31. The number of ether oxygens (including phenoxy) is 1. The molecule has 1 N–H and O–H groups in total. The summed E-state index contributed by atoms with van der Waals surface area (Å²) >= 11 is 0. The highest BCUT2D eigenvalue weighted by molar-refractivity contribution is 5.29. The van der Waals surface area contributed by atoms with Crippen LogP contribution in [0.4, 0.5) is 4.39 Å². The fraction of sp³-hybridized carbons (Fsp3) is 0.538. The first-order valence-corrected chi connectivity index (χ1v) is 5.73. The largest absolute Gasteiger partial charge is 0.385 e. The molecule has 1 saturated heterocycles. The number of nitrogens with one attached hydrogen (secondary N) is 1. The number of hydrogen-bond donors (Lipinski definition) is 1. The van der Waals surface area contributed by atoms with Crippen molar-refractivity contribution >= 4 is 0 Å². The Hall–Kier alpha value is -0.930. The van der Waals surface area contributed by atoms with Gasteiger partial charge in [0.1, 0.15) is 5.82 Å². The molecule has 0 amide bonds. The molecule has 88 valence electrons. The first-order chi connectivity index (χ1) is 7.77. The van der Waals surface area contributed by atoms with Crippen molar-refractivity contribution in [1.29, 1.82) is 0 Å². The highest BCUT2D eigenvalue weighted by atomic mass is 19.1. The molecular weight excluding hydrogens is 205 g/mol. The van der Waals surface area contributed by atoms with Crippen LogP contribution in [0.5, 0.6) is 0 Å². The van der Waals surface area contributed by atoms with Gasteiger partial charge in [-0.25, -0.2) is 4.39 Å². The summed E-state index contributed by atoms with van der Waals surface area (Å²) in [6.07, 6.45) is 2.15. The van der Waals surface area contributed by atoms with Gasteiger partial charge in [-0.05, 0) is 30.5 Å². The maximum atomic E-state index is 12.9. The second-order valence-corrected chi connectivity index (χ2v) is 4.49. The van der Waals surface area contributed by atoms with Crippen LogP contribution in [0.1, 0.15) is 18.4 Å². The van der Waals surface area contributed by atoms with E-state index in [0.717, 1.165) is 32.5 Å². The van der Waals surface area contributed by atoms with Crippen LogP contribution < -0.4 is 5.32 Å². The van der Waals surface area contributed by atoms with E-state index in [-0.39, 0.29) is 11.2 Å². The van der Waals surface area contributed by atoms with Gasteiger partial charge in [0.2, 0.25) is 0 Å². The Labute approximate surface area is 95.8 Å². The van der Waals surface area contributed by atoms with Crippen LogP contribution in [0.15, 0.2) is 24.3 Å².